The van der Waals surface area contributed by atoms with Crippen molar-refractivity contribution < 1.29 is 4.79 Å². The molecular formula is C11H18N4O. The molecule has 16 heavy (non-hydrogen) atoms. The lowest BCUT2D eigenvalue weighted by atomic mass is 10.1. The van der Waals surface area contributed by atoms with E-state index < -0.39 is 0 Å². The fourth-order valence-corrected chi connectivity index (χ4v) is 2.18. The van der Waals surface area contributed by atoms with Gasteiger partial charge in [0.05, 0.1) is 0 Å². The van der Waals surface area contributed by atoms with Crippen molar-refractivity contribution in [3.05, 3.63) is 5.82 Å². The number of hydrogen-bond acceptors (Lipinski definition) is 4. The zero-order valence-electron chi connectivity index (χ0n) is 9.89. The fourth-order valence-electron chi connectivity index (χ4n) is 2.18. The molecule has 0 saturated carbocycles. The van der Waals surface area contributed by atoms with E-state index in [1.165, 1.54) is 19.3 Å². The van der Waals surface area contributed by atoms with Gasteiger partial charge in [-0.1, -0.05) is 0 Å². The molecule has 0 spiro atoms. The molecule has 0 atom stereocenters. The minimum Gasteiger partial charge on any atom is -0.341 e. The van der Waals surface area contributed by atoms with E-state index >= 15 is 0 Å². The number of piperidine rings is 1. The standard InChI is InChI=1S/C11H18N4O/c1-9(2)15-10(8-16)12-13-11(15)14-6-4-3-5-7-14/h8-9H,3-7H2,1-2H3. The van der Waals surface area contributed by atoms with Crippen molar-refractivity contribution in [3.8, 4) is 0 Å². The van der Waals surface area contributed by atoms with Crippen molar-refractivity contribution in [2.24, 2.45) is 0 Å². The Morgan fingerprint density at radius 1 is 1.19 bits per heavy atom. The van der Waals surface area contributed by atoms with Gasteiger partial charge in [0.25, 0.3) is 0 Å². The highest BCUT2D eigenvalue weighted by molar-refractivity contribution is 5.70. The van der Waals surface area contributed by atoms with Crippen LogP contribution in [0.1, 0.15) is 49.8 Å². The molecule has 0 aromatic carbocycles. The van der Waals surface area contributed by atoms with E-state index in [0.29, 0.717) is 5.82 Å². The summed E-state index contributed by atoms with van der Waals surface area (Å²) < 4.78 is 1.92. The van der Waals surface area contributed by atoms with Crippen LogP contribution in [0.15, 0.2) is 0 Å². The molecular weight excluding hydrogens is 204 g/mol. The molecule has 5 nitrogen and oxygen atoms in total. The van der Waals surface area contributed by atoms with Crippen LogP contribution >= 0.6 is 0 Å². The zero-order valence-corrected chi connectivity index (χ0v) is 9.89. The van der Waals surface area contributed by atoms with Gasteiger partial charge < -0.3 is 4.90 Å². The number of rotatable bonds is 3. The first-order valence-electron chi connectivity index (χ1n) is 5.89. The molecule has 88 valence electrons. The average molecular weight is 222 g/mol. The minimum absolute atomic E-state index is 0.215. The summed E-state index contributed by atoms with van der Waals surface area (Å²) in [6, 6.07) is 0.215. The van der Waals surface area contributed by atoms with Gasteiger partial charge >= 0.3 is 0 Å². The second-order valence-electron chi connectivity index (χ2n) is 4.49. The maximum Gasteiger partial charge on any atom is 0.227 e. The highest BCUT2D eigenvalue weighted by Crippen LogP contribution is 2.21. The van der Waals surface area contributed by atoms with Crippen LogP contribution in [0.2, 0.25) is 0 Å². The Kier molecular flexibility index (Phi) is 3.22. The van der Waals surface area contributed by atoms with E-state index in [-0.39, 0.29) is 6.04 Å². The highest BCUT2D eigenvalue weighted by atomic mass is 16.1. The largest absolute Gasteiger partial charge is 0.341 e. The molecule has 1 saturated heterocycles. The maximum atomic E-state index is 10.9. The lowest BCUT2D eigenvalue weighted by Gasteiger charge is -2.28. The van der Waals surface area contributed by atoms with Crippen molar-refractivity contribution in [3.63, 3.8) is 0 Å². The number of aromatic nitrogens is 3. The smallest absolute Gasteiger partial charge is 0.227 e. The van der Waals surface area contributed by atoms with Gasteiger partial charge in [-0.25, -0.2) is 0 Å². The molecule has 1 aliphatic rings. The first-order valence-corrected chi connectivity index (χ1v) is 5.89. The van der Waals surface area contributed by atoms with Gasteiger partial charge in [-0.2, -0.15) is 0 Å². The topological polar surface area (TPSA) is 51.0 Å². The second kappa shape index (κ2) is 4.63. The third-order valence-electron chi connectivity index (χ3n) is 2.96. The normalized spacial score (nSPS) is 16.8. The van der Waals surface area contributed by atoms with Crippen molar-refractivity contribution in [2.75, 3.05) is 18.0 Å². The van der Waals surface area contributed by atoms with E-state index in [2.05, 4.69) is 15.1 Å². The summed E-state index contributed by atoms with van der Waals surface area (Å²) in [7, 11) is 0. The molecule has 2 heterocycles. The first-order chi connectivity index (χ1) is 7.74. The van der Waals surface area contributed by atoms with Gasteiger partial charge in [-0.15, -0.1) is 10.2 Å². The van der Waals surface area contributed by atoms with E-state index in [4.69, 9.17) is 0 Å². The van der Waals surface area contributed by atoms with Gasteiger partial charge in [0.15, 0.2) is 12.1 Å². The van der Waals surface area contributed by atoms with Gasteiger partial charge in [0.2, 0.25) is 5.95 Å². The van der Waals surface area contributed by atoms with Crippen LogP contribution in [0.3, 0.4) is 0 Å². The second-order valence-corrected chi connectivity index (χ2v) is 4.49. The summed E-state index contributed by atoms with van der Waals surface area (Å²) in [6.07, 6.45) is 4.45. The SMILES string of the molecule is CC(C)n1c(C=O)nnc1N1CCCCC1. The Hall–Kier alpha value is -1.39. The number of nitrogens with zero attached hydrogens (tertiary/aromatic N) is 4. The molecule has 0 unspecified atom stereocenters. The van der Waals surface area contributed by atoms with Gasteiger partial charge in [0, 0.05) is 19.1 Å². The highest BCUT2D eigenvalue weighted by Gasteiger charge is 2.20. The monoisotopic (exact) mass is 222 g/mol. The van der Waals surface area contributed by atoms with Crippen LogP contribution in [0.5, 0.6) is 0 Å². The Morgan fingerprint density at radius 2 is 1.88 bits per heavy atom. The molecule has 0 N–H and O–H groups in total. The molecule has 0 aliphatic carbocycles. The average Bonchev–Trinajstić information content (AvgIpc) is 2.73. The Balaban J connectivity index is 2.31. The minimum atomic E-state index is 0.215. The number of carbonyl (C=O) groups excluding carboxylic acids is 1. The summed E-state index contributed by atoms with van der Waals surface area (Å²) >= 11 is 0. The predicted molar refractivity (Wildman–Crippen MR) is 61.9 cm³/mol. The van der Waals surface area contributed by atoms with Crippen LogP contribution in [0.25, 0.3) is 0 Å². The summed E-state index contributed by atoms with van der Waals surface area (Å²) in [5.41, 5.74) is 0. The van der Waals surface area contributed by atoms with Gasteiger partial charge in [-0.3, -0.25) is 9.36 Å². The third-order valence-corrected chi connectivity index (χ3v) is 2.96. The van der Waals surface area contributed by atoms with Gasteiger partial charge in [-0.05, 0) is 33.1 Å². The Labute approximate surface area is 95.5 Å². The number of carbonyl (C=O) groups is 1. The lowest BCUT2D eigenvalue weighted by molar-refractivity contribution is 0.110. The van der Waals surface area contributed by atoms with Crippen LogP contribution in [-0.4, -0.2) is 34.1 Å². The van der Waals surface area contributed by atoms with E-state index in [1.807, 2.05) is 18.4 Å². The van der Waals surface area contributed by atoms with Crippen LogP contribution < -0.4 is 4.90 Å². The predicted octanol–water partition coefficient (Wildman–Crippen LogP) is 1.66. The van der Waals surface area contributed by atoms with Crippen molar-refractivity contribution in [2.45, 2.75) is 39.2 Å². The van der Waals surface area contributed by atoms with Crippen molar-refractivity contribution in [1.29, 1.82) is 0 Å². The first kappa shape index (κ1) is 11.1. The molecule has 0 amide bonds. The van der Waals surface area contributed by atoms with Crippen LogP contribution in [0, 0.1) is 0 Å². The Morgan fingerprint density at radius 3 is 2.44 bits per heavy atom. The summed E-state index contributed by atoms with van der Waals surface area (Å²) in [5, 5.41) is 8.07. The van der Waals surface area contributed by atoms with E-state index in [0.717, 1.165) is 25.3 Å². The van der Waals surface area contributed by atoms with Gasteiger partial charge in [0.1, 0.15) is 0 Å². The molecule has 1 fully saturated rings. The number of aldehydes is 1. The Bertz CT molecular complexity index is 366. The summed E-state index contributed by atoms with van der Waals surface area (Å²) in [6.45, 7) is 6.13. The van der Waals surface area contributed by atoms with Crippen LogP contribution in [0.4, 0.5) is 5.95 Å². The molecule has 0 bridgehead atoms. The maximum absolute atomic E-state index is 10.9. The molecule has 0 radical (unpaired) electrons. The molecule has 1 aromatic rings. The van der Waals surface area contributed by atoms with Crippen molar-refractivity contribution >= 4 is 12.2 Å². The fraction of sp³-hybridized carbons (Fsp3) is 0.727. The van der Waals surface area contributed by atoms with E-state index in [1.54, 1.807) is 0 Å². The van der Waals surface area contributed by atoms with E-state index in [9.17, 15) is 4.79 Å². The third kappa shape index (κ3) is 1.94. The van der Waals surface area contributed by atoms with Crippen molar-refractivity contribution in [1.82, 2.24) is 14.8 Å². The van der Waals surface area contributed by atoms with Crippen LogP contribution in [-0.2, 0) is 0 Å². The molecule has 5 heteroatoms. The summed E-state index contributed by atoms with van der Waals surface area (Å²) in [5.74, 6) is 1.27. The summed E-state index contributed by atoms with van der Waals surface area (Å²) in [4.78, 5) is 13.1. The molecule has 1 aromatic heterocycles. The number of hydrogen-bond donors (Lipinski definition) is 0. The zero-order chi connectivity index (χ0) is 11.5. The number of anilines is 1. The molecule has 2 rings (SSSR count). The lowest BCUT2D eigenvalue weighted by Crippen LogP contribution is -2.32. The quantitative estimate of drug-likeness (QED) is 0.730. The molecule has 1 aliphatic heterocycles.